The maximum absolute atomic E-state index is 12.9. The first kappa shape index (κ1) is 25.1. The van der Waals surface area contributed by atoms with E-state index in [2.05, 4.69) is 43.3 Å². The van der Waals surface area contributed by atoms with Gasteiger partial charge in [-0.25, -0.2) is 0 Å². The number of para-hydroxylation sites is 2. The van der Waals surface area contributed by atoms with Crippen LogP contribution in [0.3, 0.4) is 0 Å². The Bertz CT molecular complexity index is 1300. The fourth-order valence-electron chi connectivity index (χ4n) is 4.78. The van der Waals surface area contributed by atoms with Crippen molar-refractivity contribution in [3.63, 3.8) is 0 Å². The van der Waals surface area contributed by atoms with Gasteiger partial charge in [-0.1, -0.05) is 12.1 Å². The Morgan fingerprint density at radius 2 is 1.81 bits per heavy atom. The number of piperazine rings is 1. The fraction of sp³-hybridized carbons (Fsp3) is 0.357. The second kappa shape index (κ2) is 11.6. The van der Waals surface area contributed by atoms with E-state index in [0.29, 0.717) is 17.7 Å². The Morgan fingerprint density at radius 1 is 1.08 bits per heavy atom. The van der Waals surface area contributed by atoms with Gasteiger partial charge in [0.1, 0.15) is 11.6 Å². The molecule has 1 aliphatic rings. The van der Waals surface area contributed by atoms with Gasteiger partial charge in [0, 0.05) is 57.2 Å². The van der Waals surface area contributed by atoms with Crippen LogP contribution >= 0.6 is 0 Å². The van der Waals surface area contributed by atoms with Crippen molar-refractivity contribution < 1.29 is 4.79 Å². The number of nitriles is 1. The van der Waals surface area contributed by atoms with Crippen molar-refractivity contribution in [1.82, 2.24) is 14.9 Å². The van der Waals surface area contributed by atoms with Crippen LogP contribution in [-0.4, -0.2) is 53.5 Å². The van der Waals surface area contributed by atoms with Crippen LogP contribution in [0.1, 0.15) is 34.4 Å². The van der Waals surface area contributed by atoms with E-state index in [-0.39, 0.29) is 23.5 Å². The number of pyridine rings is 2. The maximum atomic E-state index is 12.9. The van der Waals surface area contributed by atoms with E-state index in [0.717, 1.165) is 56.1 Å². The van der Waals surface area contributed by atoms with Crippen LogP contribution in [0.25, 0.3) is 0 Å². The molecule has 0 aliphatic carbocycles. The topological polar surface area (TPSA) is 105 Å². The van der Waals surface area contributed by atoms with Crippen molar-refractivity contribution >= 4 is 17.3 Å². The number of nitrogens with zero attached hydrogens (tertiary/aromatic N) is 4. The molecule has 4 rings (SSSR count). The minimum atomic E-state index is -0.382. The van der Waals surface area contributed by atoms with Crippen molar-refractivity contribution in [1.29, 1.82) is 5.26 Å². The summed E-state index contributed by atoms with van der Waals surface area (Å²) >= 11 is 0. The molecule has 3 heterocycles. The molecule has 0 saturated carbocycles. The third-order valence-electron chi connectivity index (χ3n) is 6.88. The summed E-state index contributed by atoms with van der Waals surface area (Å²) in [5.74, 6) is -0.0954. The molecule has 0 unspecified atom stereocenters. The zero-order valence-electron chi connectivity index (χ0n) is 20.9. The first-order valence-electron chi connectivity index (χ1n) is 12.3. The molecule has 3 aromatic rings. The number of aryl methyl sites for hydroxylation is 1. The lowest BCUT2D eigenvalue weighted by Crippen LogP contribution is -2.47. The molecule has 2 aromatic heterocycles. The largest absolute Gasteiger partial charge is 0.367 e. The number of aromatic nitrogens is 2. The third-order valence-corrected chi connectivity index (χ3v) is 6.88. The van der Waals surface area contributed by atoms with Crippen molar-refractivity contribution in [2.45, 2.75) is 33.1 Å². The highest BCUT2D eigenvalue weighted by Crippen LogP contribution is 2.27. The summed E-state index contributed by atoms with van der Waals surface area (Å²) in [6.45, 7) is 8.33. The second-order valence-electron chi connectivity index (χ2n) is 9.17. The van der Waals surface area contributed by atoms with E-state index >= 15 is 0 Å². The van der Waals surface area contributed by atoms with Crippen LogP contribution in [-0.2, 0) is 17.6 Å². The van der Waals surface area contributed by atoms with Gasteiger partial charge in [0.2, 0.25) is 5.91 Å². The predicted molar refractivity (Wildman–Crippen MR) is 141 cm³/mol. The molecule has 36 heavy (non-hydrogen) atoms. The number of anilines is 2. The van der Waals surface area contributed by atoms with Gasteiger partial charge in [-0.15, -0.1) is 0 Å². The van der Waals surface area contributed by atoms with Gasteiger partial charge in [0.05, 0.1) is 11.4 Å². The van der Waals surface area contributed by atoms with Crippen LogP contribution < -0.4 is 15.8 Å². The van der Waals surface area contributed by atoms with E-state index in [4.69, 9.17) is 0 Å². The lowest BCUT2D eigenvalue weighted by molar-refractivity contribution is -0.116. The lowest BCUT2D eigenvalue weighted by Gasteiger charge is -2.37. The van der Waals surface area contributed by atoms with Crippen LogP contribution in [0, 0.1) is 25.2 Å². The molecule has 1 fully saturated rings. The van der Waals surface area contributed by atoms with Gasteiger partial charge in [-0.2, -0.15) is 5.26 Å². The number of aromatic amines is 1. The number of H-pyrrole nitrogens is 1. The van der Waals surface area contributed by atoms with E-state index in [1.165, 1.54) is 5.56 Å². The van der Waals surface area contributed by atoms with E-state index < -0.39 is 0 Å². The Morgan fingerprint density at radius 3 is 2.53 bits per heavy atom. The number of hydrogen-bond acceptors (Lipinski definition) is 6. The standard InChI is InChI=1S/C28H32N6O2/c1-20-23(21(2)31-28(36)24(20)19-29)7-8-27(35)32-25-5-3-4-6-26(25)34-17-15-33(16-18-34)14-11-22-9-12-30-13-10-22/h3-6,9-10,12-13H,7-8,11,14-18H2,1-2H3,(H,31,36)(H,32,35). The first-order chi connectivity index (χ1) is 17.5. The Labute approximate surface area is 211 Å². The molecule has 0 atom stereocenters. The third kappa shape index (κ3) is 5.99. The highest BCUT2D eigenvalue weighted by atomic mass is 16.1. The van der Waals surface area contributed by atoms with Crippen LogP contribution in [0.2, 0.25) is 0 Å². The smallest absolute Gasteiger partial charge is 0.266 e. The molecular weight excluding hydrogens is 452 g/mol. The van der Waals surface area contributed by atoms with E-state index in [1.54, 1.807) is 13.8 Å². The molecular formula is C28H32N6O2. The average molecular weight is 485 g/mol. The Kier molecular flexibility index (Phi) is 8.13. The van der Waals surface area contributed by atoms with Gasteiger partial charge >= 0.3 is 0 Å². The number of carbonyl (C=O) groups excluding carboxylic acids is 1. The van der Waals surface area contributed by atoms with E-state index in [1.807, 2.05) is 36.7 Å². The summed E-state index contributed by atoms with van der Waals surface area (Å²) in [5, 5.41) is 12.4. The van der Waals surface area contributed by atoms with Crippen molar-refractivity contribution in [2.24, 2.45) is 0 Å². The van der Waals surface area contributed by atoms with Crippen LogP contribution in [0.15, 0.2) is 53.6 Å². The van der Waals surface area contributed by atoms with E-state index in [9.17, 15) is 14.9 Å². The van der Waals surface area contributed by atoms with Gasteiger partial charge in [0.15, 0.2) is 0 Å². The molecule has 1 saturated heterocycles. The molecule has 0 spiro atoms. The fourth-order valence-corrected chi connectivity index (χ4v) is 4.78. The van der Waals surface area contributed by atoms with Gasteiger partial charge in [0.25, 0.3) is 5.56 Å². The lowest BCUT2D eigenvalue weighted by atomic mass is 9.99. The quantitative estimate of drug-likeness (QED) is 0.509. The number of hydrogen-bond donors (Lipinski definition) is 2. The minimum absolute atomic E-state index is 0.0954. The molecule has 1 aromatic carbocycles. The molecule has 1 amide bonds. The Hall–Kier alpha value is -3.96. The number of carbonyl (C=O) groups is 1. The highest BCUT2D eigenvalue weighted by Gasteiger charge is 2.20. The highest BCUT2D eigenvalue weighted by molar-refractivity contribution is 5.94. The summed E-state index contributed by atoms with van der Waals surface area (Å²) in [7, 11) is 0. The molecule has 2 N–H and O–H groups in total. The first-order valence-corrected chi connectivity index (χ1v) is 12.3. The van der Waals surface area contributed by atoms with Crippen molar-refractivity contribution in [2.75, 3.05) is 42.9 Å². The molecule has 0 radical (unpaired) electrons. The summed E-state index contributed by atoms with van der Waals surface area (Å²) in [6.07, 6.45) is 5.40. The number of amides is 1. The minimum Gasteiger partial charge on any atom is -0.367 e. The predicted octanol–water partition coefficient (Wildman–Crippen LogP) is 3.19. The zero-order chi connectivity index (χ0) is 25.5. The van der Waals surface area contributed by atoms with Crippen molar-refractivity contribution in [3.05, 3.63) is 87.1 Å². The van der Waals surface area contributed by atoms with Crippen LogP contribution in [0.5, 0.6) is 0 Å². The number of rotatable bonds is 8. The SMILES string of the molecule is Cc1[nH]c(=O)c(C#N)c(C)c1CCC(=O)Nc1ccccc1N1CCN(CCc2ccncc2)CC1. The molecule has 1 aliphatic heterocycles. The van der Waals surface area contributed by atoms with Gasteiger partial charge < -0.3 is 15.2 Å². The second-order valence-corrected chi connectivity index (χ2v) is 9.17. The number of benzene rings is 1. The van der Waals surface area contributed by atoms with Gasteiger partial charge in [-0.05, 0) is 67.6 Å². The molecule has 0 bridgehead atoms. The monoisotopic (exact) mass is 484 g/mol. The zero-order valence-corrected chi connectivity index (χ0v) is 20.9. The average Bonchev–Trinajstić information content (AvgIpc) is 2.89. The summed E-state index contributed by atoms with van der Waals surface area (Å²) < 4.78 is 0. The molecule has 8 heteroatoms. The molecule has 186 valence electrons. The summed E-state index contributed by atoms with van der Waals surface area (Å²) in [5.41, 5.74) is 5.06. The normalized spacial score (nSPS) is 13.9. The Balaban J connectivity index is 1.34. The van der Waals surface area contributed by atoms with Crippen molar-refractivity contribution in [3.8, 4) is 6.07 Å². The summed E-state index contributed by atoms with van der Waals surface area (Å²) in [4.78, 5) is 36.4. The maximum Gasteiger partial charge on any atom is 0.266 e. The molecule has 8 nitrogen and oxygen atoms in total. The summed E-state index contributed by atoms with van der Waals surface area (Å²) in [6, 6.07) is 14.0. The van der Waals surface area contributed by atoms with Crippen LogP contribution in [0.4, 0.5) is 11.4 Å². The number of nitrogens with one attached hydrogen (secondary N) is 2. The van der Waals surface area contributed by atoms with Gasteiger partial charge in [-0.3, -0.25) is 19.5 Å².